The second kappa shape index (κ2) is 7.56. The predicted octanol–water partition coefficient (Wildman–Crippen LogP) is 1.58. The molecule has 2 fully saturated rings. The van der Waals surface area contributed by atoms with Crippen molar-refractivity contribution in [3.8, 4) is 0 Å². The van der Waals surface area contributed by atoms with Crippen molar-refractivity contribution in [2.75, 3.05) is 52.5 Å². The Morgan fingerprint density at radius 2 is 1.62 bits per heavy atom. The first-order chi connectivity index (χ1) is 10.3. The van der Waals surface area contributed by atoms with Crippen molar-refractivity contribution in [3.05, 3.63) is 34.3 Å². The van der Waals surface area contributed by atoms with Gasteiger partial charge in [0, 0.05) is 57.4 Å². The lowest BCUT2D eigenvalue weighted by Gasteiger charge is -2.30. The van der Waals surface area contributed by atoms with E-state index in [9.17, 15) is 0 Å². The lowest BCUT2D eigenvalue weighted by atomic mass is 10.1. The maximum Gasteiger partial charge on any atom is 0.0594 e. The highest BCUT2D eigenvalue weighted by molar-refractivity contribution is 6.30. The number of morpholine rings is 1. The summed E-state index contributed by atoms with van der Waals surface area (Å²) in [5.41, 5.74) is 2.77. The zero-order valence-electron chi connectivity index (χ0n) is 12.5. The molecule has 3 rings (SSSR count). The van der Waals surface area contributed by atoms with Gasteiger partial charge >= 0.3 is 0 Å². The van der Waals surface area contributed by atoms with Gasteiger partial charge in [0.25, 0.3) is 0 Å². The minimum Gasteiger partial charge on any atom is -0.379 e. The third-order valence-corrected chi connectivity index (χ3v) is 4.50. The first-order valence-corrected chi connectivity index (χ1v) is 8.19. The quantitative estimate of drug-likeness (QED) is 0.914. The molecule has 116 valence electrons. The van der Waals surface area contributed by atoms with Gasteiger partial charge in [0.05, 0.1) is 13.2 Å². The molecular formula is C16H24ClN3O. The van der Waals surface area contributed by atoms with Crippen LogP contribution >= 0.6 is 11.6 Å². The van der Waals surface area contributed by atoms with Gasteiger partial charge in [0.1, 0.15) is 0 Å². The molecule has 0 saturated carbocycles. The molecule has 0 atom stereocenters. The predicted molar refractivity (Wildman–Crippen MR) is 85.7 cm³/mol. The summed E-state index contributed by atoms with van der Waals surface area (Å²) in [6, 6.07) is 6.34. The third-order valence-electron chi connectivity index (χ3n) is 4.27. The van der Waals surface area contributed by atoms with Crippen LogP contribution in [-0.4, -0.2) is 62.3 Å². The summed E-state index contributed by atoms with van der Waals surface area (Å²) in [5, 5.41) is 4.24. The van der Waals surface area contributed by atoms with Gasteiger partial charge in [-0.2, -0.15) is 0 Å². The van der Waals surface area contributed by atoms with Gasteiger partial charge in [0.15, 0.2) is 0 Å². The average molecular weight is 310 g/mol. The molecule has 0 bridgehead atoms. The van der Waals surface area contributed by atoms with E-state index in [1.807, 2.05) is 6.07 Å². The molecule has 1 N–H and O–H groups in total. The molecule has 21 heavy (non-hydrogen) atoms. The van der Waals surface area contributed by atoms with Gasteiger partial charge in [-0.25, -0.2) is 0 Å². The highest BCUT2D eigenvalue weighted by atomic mass is 35.5. The number of piperazine rings is 1. The summed E-state index contributed by atoms with van der Waals surface area (Å²) in [7, 11) is 0. The minimum atomic E-state index is 0.835. The van der Waals surface area contributed by atoms with Gasteiger partial charge in [-0.15, -0.1) is 0 Å². The van der Waals surface area contributed by atoms with Crippen LogP contribution in [0, 0.1) is 0 Å². The highest BCUT2D eigenvalue weighted by Gasteiger charge is 2.16. The molecule has 1 aromatic carbocycles. The average Bonchev–Trinajstić information content (AvgIpc) is 2.52. The van der Waals surface area contributed by atoms with Gasteiger partial charge in [-0.3, -0.25) is 9.80 Å². The van der Waals surface area contributed by atoms with Crippen LogP contribution in [0.2, 0.25) is 5.02 Å². The molecule has 0 aliphatic carbocycles. The van der Waals surface area contributed by atoms with Crippen molar-refractivity contribution in [3.63, 3.8) is 0 Å². The number of nitrogens with one attached hydrogen (secondary N) is 1. The molecule has 4 nitrogen and oxygen atoms in total. The van der Waals surface area contributed by atoms with Gasteiger partial charge in [-0.1, -0.05) is 17.7 Å². The van der Waals surface area contributed by atoms with Crippen LogP contribution in [0.15, 0.2) is 18.2 Å². The normalized spacial score (nSPS) is 21.6. The Morgan fingerprint density at radius 1 is 0.952 bits per heavy atom. The fraction of sp³-hybridized carbons (Fsp3) is 0.625. The van der Waals surface area contributed by atoms with Crippen LogP contribution in [-0.2, 0) is 17.8 Å². The van der Waals surface area contributed by atoms with E-state index in [0.717, 1.165) is 70.6 Å². The fourth-order valence-electron chi connectivity index (χ4n) is 3.01. The highest BCUT2D eigenvalue weighted by Crippen LogP contribution is 2.20. The maximum atomic E-state index is 6.21. The summed E-state index contributed by atoms with van der Waals surface area (Å²) in [5.74, 6) is 0. The van der Waals surface area contributed by atoms with Crippen molar-refractivity contribution in [1.29, 1.82) is 0 Å². The second-order valence-electron chi connectivity index (χ2n) is 5.83. The maximum absolute atomic E-state index is 6.21. The molecule has 0 unspecified atom stereocenters. The number of rotatable bonds is 4. The topological polar surface area (TPSA) is 27.7 Å². The van der Waals surface area contributed by atoms with Crippen molar-refractivity contribution in [1.82, 2.24) is 15.1 Å². The summed E-state index contributed by atoms with van der Waals surface area (Å²) >= 11 is 6.21. The summed E-state index contributed by atoms with van der Waals surface area (Å²) in [6.07, 6.45) is 0. The third kappa shape index (κ3) is 4.41. The number of halogens is 1. The fourth-order valence-corrected chi connectivity index (χ4v) is 3.20. The second-order valence-corrected chi connectivity index (χ2v) is 6.26. The molecule has 5 heteroatoms. The van der Waals surface area contributed by atoms with Crippen molar-refractivity contribution in [2.24, 2.45) is 0 Å². The van der Waals surface area contributed by atoms with Crippen LogP contribution in [0.4, 0.5) is 0 Å². The molecule has 0 aromatic heterocycles. The molecule has 2 heterocycles. The molecular weight excluding hydrogens is 286 g/mol. The minimum absolute atomic E-state index is 0.835. The monoisotopic (exact) mass is 309 g/mol. The van der Waals surface area contributed by atoms with E-state index in [4.69, 9.17) is 16.3 Å². The zero-order chi connectivity index (χ0) is 14.5. The van der Waals surface area contributed by atoms with Crippen molar-refractivity contribution < 1.29 is 4.74 Å². The van der Waals surface area contributed by atoms with Gasteiger partial charge in [0.2, 0.25) is 0 Å². The summed E-state index contributed by atoms with van der Waals surface area (Å²) < 4.78 is 5.43. The van der Waals surface area contributed by atoms with Crippen LogP contribution in [0.25, 0.3) is 0 Å². The van der Waals surface area contributed by atoms with Crippen LogP contribution in [0.5, 0.6) is 0 Å². The summed E-state index contributed by atoms with van der Waals surface area (Å²) in [4.78, 5) is 4.97. The van der Waals surface area contributed by atoms with Crippen molar-refractivity contribution in [2.45, 2.75) is 13.1 Å². The van der Waals surface area contributed by atoms with Crippen molar-refractivity contribution >= 4 is 11.6 Å². The standard InChI is InChI=1S/C16H24ClN3O/c17-16-2-1-14(12-19-5-3-18-4-6-19)15(11-16)13-20-7-9-21-10-8-20/h1-2,11,18H,3-10,12-13H2. The van der Waals surface area contributed by atoms with E-state index in [-0.39, 0.29) is 0 Å². The zero-order valence-corrected chi connectivity index (χ0v) is 13.2. The Morgan fingerprint density at radius 3 is 2.38 bits per heavy atom. The Kier molecular flexibility index (Phi) is 5.49. The SMILES string of the molecule is Clc1ccc(CN2CCNCC2)c(CN2CCOCC2)c1. The molecule has 2 aliphatic heterocycles. The number of hydrogen-bond donors (Lipinski definition) is 1. The molecule has 2 saturated heterocycles. The lowest BCUT2D eigenvalue weighted by Crippen LogP contribution is -2.43. The Balaban J connectivity index is 1.69. The number of ether oxygens (including phenoxy) is 1. The molecule has 2 aliphatic rings. The largest absolute Gasteiger partial charge is 0.379 e. The van der Waals surface area contributed by atoms with E-state index >= 15 is 0 Å². The molecule has 0 spiro atoms. The van der Waals surface area contributed by atoms with E-state index in [1.54, 1.807) is 0 Å². The smallest absolute Gasteiger partial charge is 0.0594 e. The van der Waals surface area contributed by atoms with E-state index in [2.05, 4.69) is 27.2 Å². The van der Waals surface area contributed by atoms with E-state index < -0.39 is 0 Å². The first-order valence-electron chi connectivity index (χ1n) is 7.82. The molecule has 1 aromatic rings. The molecule has 0 radical (unpaired) electrons. The van der Waals surface area contributed by atoms with Crippen LogP contribution < -0.4 is 5.32 Å². The van der Waals surface area contributed by atoms with Gasteiger partial charge in [-0.05, 0) is 23.3 Å². The number of nitrogens with zero attached hydrogens (tertiary/aromatic N) is 2. The molecule has 0 amide bonds. The Hall–Kier alpha value is -0.650. The number of benzene rings is 1. The summed E-state index contributed by atoms with van der Waals surface area (Å²) in [6.45, 7) is 10.1. The Labute approximate surface area is 132 Å². The number of hydrogen-bond acceptors (Lipinski definition) is 4. The van der Waals surface area contributed by atoms with E-state index in [0.29, 0.717) is 0 Å². The van der Waals surface area contributed by atoms with Crippen LogP contribution in [0.3, 0.4) is 0 Å². The first kappa shape index (κ1) is 15.3. The van der Waals surface area contributed by atoms with Gasteiger partial charge < -0.3 is 10.1 Å². The Bertz CT molecular complexity index is 457. The van der Waals surface area contributed by atoms with E-state index in [1.165, 1.54) is 11.1 Å². The van der Waals surface area contributed by atoms with Crippen LogP contribution in [0.1, 0.15) is 11.1 Å². The lowest BCUT2D eigenvalue weighted by molar-refractivity contribution is 0.0340.